The first-order chi connectivity index (χ1) is 13.7. The highest BCUT2D eigenvalue weighted by Gasteiger charge is 2.07. The van der Waals surface area contributed by atoms with Crippen molar-refractivity contribution in [3.8, 4) is 0 Å². The lowest BCUT2D eigenvalue weighted by Gasteiger charge is -2.14. The molecule has 29 heavy (non-hydrogen) atoms. The molecule has 0 saturated heterocycles. The quantitative estimate of drug-likeness (QED) is 0.447. The Kier molecular flexibility index (Phi) is 11.0. The zero-order valence-corrected chi connectivity index (χ0v) is 18.0. The molecule has 1 atom stereocenters. The molecule has 9 heteroatoms. The van der Waals surface area contributed by atoms with Crippen LogP contribution in [0.4, 0.5) is 0 Å². The van der Waals surface area contributed by atoms with Gasteiger partial charge in [-0.2, -0.15) is 0 Å². The van der Waals surface area contributed by atoms with E-state index < -0.39 is 11.9 Å². The summed E-state index contributed by atoms with van der Waals surface area (Å²) in [5, 5.41) is 21.7. The second-order valence-corrected chi connectivity index (χ2v) is 7.34. The molecule has 0 heterocycles. The van der Waals surface area contributed by atoms with Crippen molar-refractivity contribution in [2.75, 3.05) is 13.1 Å². The molecule has 1 amide bonds. The Balaban J connectivity index is 0.000000612. The van der Waals surface area contributed by atoms with E-state index in [0.717, 1.165) is 27.0 Å². The van der Waals surface area contributed by atoms with Gasteiger partial charge in [0.15, 0.2) is 0 Å². The predicted octanol–water partition coefficient (Wildman–Crippen LogP) is 3.27. The van der Waals surface area contributed by atoms with Crippen LogP contribution in [0.25, 0.3) is 0 Å². The number of carbonyl (C=O) groups excluding carboxylic acids is 1. The molecule has 0 bridgehead atoms. The Morgan fingerprint density at radius 2 is 1.55 bits per heavy atom. The summed E-state index contributed by atoms with van der Waals surface area (Å²) >= 11 is 9.26. The third kappa shape index (κ3) is 10.6. The Morgan fingerprint density at radius 3 is 2.07 bits per heavy atom. The van der Waals surface area contributed by atoms with E-state index in [4.69, 9.17) is 31.4 Å². The van der Waals surface area contributed by atoms with E-state index in [1.54, 1.807) is 0 Å². The highest BCUT2D eigenvalue weighted by atomic mass is 79.9. The largest absolute Gasteiger partial charge is 0.473 e. The van der Waals surface area contributed by atoms with Gasteiger partial charge in [0.25, 0.3) is 0 Å². The van der Waals surface area contributed by atoms with Gasteiger partial charge in [0.1, 0.15) is 0 Å². The number of carbonyl (C=O) groups is 3. The maximum Gasteiger partial charge on any atom is 0.414 e. The fourth-order valence-electron chi connectivity index (χ4n) is 2.17. The number of benzene rings is 2. The number of carboxylic acids is 2. The van der Waals surface area contributed by atoms with Gasteiger partial charge in [0.05, 0.1) is 6.54 Å². The Labute approximate surface area is 182 Å². The van der Waals surface area contributed by atoms with Gasteiger partial charge in [-0.3, -0.25) is 4.79 Å². The van der Waals surface area contributed by atoms with Gasteiger partial charge >= 0.3 is 11.9 Å². The van der Waals surface area contributed by atoms with Gasteiger partial charge in [-0.15, -0.1) is 0 Å². The van der Waals surface area contributed by atoms with E-state index in [2.05, 4.69) is 26.6 Å². The minimum Gasteiger partial charge on any atom is -0.473 e. The van der Waals surface area contributed by atoms with Gasteiger partial charge in [-0.1, -0.05) is 51.8 Å². The van der Waals surface area contributed by atoms with Gasteiger partial charge in [0.2, 0.25) is 5.91 Å². The maximum atomic E-state index is 11.9. The molecule has 156 valence electrons. The summed E-state index contributed by atoms with van der Waals surface area (Å²) in [7, 11) is 0. The van der Waals surface area contributed by atoms with E-state index in [9.17, 15) is 4.79 Å². The van der Waals surface area contributed by atoms with Crippen molar-refractivity contribution < 1.29 is 24.6 Å². The van der Waals surface area contributed by atoms with Crippen LogP contribution < -0.4 is 10.6 Å². The molecular formula is C20H22BrClN2O5. The number of amides is 1. The molecule has 2 rings (SSSR count). The SMILES string of the molecule is CC(NCC(=O)NCCc1ccc(Cl)cc1)c1ccc(Br)cc1.O=C(O)C(=O)O. The molecule has 0 aromatic heterocycles. The van der Waals surface area contributed by atoms with Crippen LogP contribution in [0.5, 0.6) is 0 Å². The van der Waals surface area contributed by atoms with E-state index in [-0.39, 0.29) is 11.9 Å². The topological polar surface area (TPSA) is 116 Å². The standard InChI is InChI=1S/C18H20BrClN2O.C2H2O4/c1-13(15-4-6-16(19)7-5-15)22-12-18(23)21-11-10-14-2-8-17(20)9-3-14;3-1(4)2(5)6/h2-9,13,22H,10-12H2,1H3,(H,21,23);(H,3,4)(H,5,6). The lowest BCUT2D eigenvalue weighted by Crippen LogP contribution is -2.36. The second-order valence-electron chi connectivity index (χ2n) is 5.99. The molecule has 1 unspecified atom stereocenters. The smallest absolute Gasteiger partial charge is 0.414 e. The maximum absolute atomic E-state index is 11.9. The molecule has 0 aliphatic heterocycles. The van der Waals surface area contributed by atoms with Crippen molar-refractivity contribution in [1.82, 2.24) is 10.6 Å². The summed E-state index contributed by atoms with van der Waals surface area (Å²) in [5.41, 5.74) is 2.31. The van der Waals surface area contributed by atoms with Crippen LogP contribution in [-0.4, -0.2) is 41.1 Å². The molecule has 0 radical (unpaired) electrons. The van der Waals surface area contributed by atoms with E-state index in [0.29, 0.717) is 13.1 Å². The second kappa shape index (κ2) is 12.9. The minimum atomic E-state index is -1.82. The fraction of sp³-hybridized carbons (Fsp3) is 0.250. The Hall–Kier alpha value is -2.42. The van der Waals surface area contributed by atoms with Crippen molar-refractivity contribution in [2.45, 2.75) is 19.4 Å². The fourth-order valence-corrected chi connectivity index (χ4v) is 2.57. The predicted molar refractivity (Wildman–Crippen MR) is 114 cm³/mol. The number of carboxylic acid groups (broad SMARTS) is 2. The van der Waals surface area contributed by atoms with Gasteiger partial charge in [0, 0.05) is 22.1 Å². The molecule has 0 fully saturated rings. The first-order valence-electron chi connectivity index (χ1n) is 8.65. The number of aliphatic carboxylic acids is 2. The van der Waals surface area contributed by atoms with Crippen LogP contribution >= 0.6 is 27.5 Å². The molecule has 7 nitrogen and oxygen atoms in total. The highest BCUT2D eigenvalue weighted by Crippen LogP contribution is 2.16. The number of nitrogens with one attached hydrogen (secondary N) is 2. The minimum absolute atomic E-state index is 0.00271. The number of hydrogen-bond donors (Lipinski definition) is 4. The first-order valence-corrected chi connectivity index (χ1v) is 9.82. The van der Waals surface area contributed by atoms with E-state index in [1.807, 2.05) is 55.5 Å². The molecular weight excluding hydrogens is 464 g/mol. The lowest BCUT2D eigenvalue weighted by molar-refractivity contribution is -0.159. The van der Waals surface area contributed by atoms with Crippen molar-refractivity contribution in [3.63, 3.8) is 0 Å². The monoisotopic (exact) mass is 484 g/mol. The van der Waals surface area contributed by atoms with Gasteiger partial charge < -0.3 is 20.8 Å². The van der Waals surface area contributed by atoms with Crippen molar-refractivity contribution in [3.05, 3.63) is 69.2 Å². The van der Waals surface area contributed by atoms with Crippen molar-refractivity contribution >= 4 is 45.4 Å². The molecule has 0 spiro atoms. The Morgan fingerprint density at radius 1 is 1.00 bits per heavy atom. The molecule has 4 N–H and O–H groups in total. The van der Waals surface area contributed by atoms with Crippen LogP contribution in [0.1, 0.15) is 24.1 Å². The third-order valence-corrected chi connectivity index (χ3v) is 4.55. The van der Waals surface area contributed by atoms with E-state index >= 15 is 0 Å². The average molecular weight is 486 g/mol. The zero-order chi connectivity index (χ0) is 21.8. The van der Waals surface area contributed by atoms with Crippen LogP contribution in [0.15, 0.2) is 53.0 Å². The van der Waals surface area contributed by atoms with Crippen LogP contribution in [0, 0.1) is 0 Å². The summed E-state index contributed by atoms with van der Waals surface area (Å²) in [6.07, 6.45) is 0.797. The van der Waals surface area contributed by atoms with E-state index in [1.165, 1.54) is 0 Å². The number of hydrogen-bond acceptors (Lipinski definition) is 4. The molecule has 0 aliphatic carbocycles. The number of halogens is 2. The van der Waals surface area contributed by atoms with Crippen molar-refractivity contribution in [2.24, 2.45) is 0 Å². The zero-order valence-electron chi connectivity index (χ0n) is 15.7. The summed E-state index contributed by atoms with van der Waals surface area (Å²) < 4.78 is 1.05. The lowest BCUT2D eigenvalue weighted by atomic mass is 10.1. The third-order valence-electron chi connectivity index (χ3n) is 3.77. The molecule has 0 aliphatic rings. The molecule has 0 saturated carbocycles. The average Bonchev–Trinajstić information content (AvgIpc) is 2.68. The first kappa shape index (κ1) is 24.6. The number of rotatable bonds is 7. The molecule has 2 aromatic rings. The van der Waals surface area contributed by atoms with Gasteiger partial charge in [-0.05, 0) is 48.7 Å². The van der Waals surface area contributed by atoms with Crippen LogP contribution in [0.3, 0.4) is 0 Å². The Bertz CT molecular complexity index is 801. The summed E-state index contributed by atoms with van der Waals surface area (Å²) in [6, 6.07) is 15.9. The molecule has 2 aromatic carbocycles. The highest BCUT2D eigenvalue weighted by molar-refractivity contribution is 9.10. The van der Waals surface area contributed by atoms with Crippen LogP contribution in [0.2, 0.25) is 5.02 Å². The van der Waals surface area contributed by atoms with Crippen molar-refractivity contribution in [1.29, 1.82) is 0 Å². The summed E-state index contributed by atoms with van der Waals surface area (Å²) in [4.78, 5) is 30.1. The normalized spacial score (nSPS) is 11.0. The summed E-state index contributed by atoms with van der Waals surface area (Å²) in [6.45, 7) is 2.97. The van der Waals surface area contributed by atoms with Crippen LogP contribution in [-0.2, 0) is 20.8 Å². The van der Waals surface area contributed by atoms with Gasteiger partial charge in [-0.25, -0.2) is 9.59 Å². The summed E-state index contributed by atoms with van der Waals surface area (Å²) in [5.74, 6) is -3.65.